The van der Waals surface area contributed by atoms with Crippen LogP contribution in [0, 0.1) is 0 Å². The van der Waals surface area contributed by atoms with E-state index in [0.29, 0.717) is 10.0 Å². The average molecular weight is 290 g/mol. The third-order valence-electron chi connectivity index (χ3n) is 2.75. The molecule has 94 valence electrons. The summed E-state index contributed by atoms with van der Waals surface area (Å²) in [5.41, 5.74) is 1.91. The quantitative estimate of drug-likeness (QED) is 0.706. The normalized spacial score (nSPS) is 10.6. The molecule has 5 heteroatoms. The molecule has 0 unspecified atom stereocenters. The fourth-order valence-electron chi connectivity index (χ4n) is 1.82. The van der Waals surface area contributed by atoms with E-state index in [1.807, 2.05) is 53.1 Å². The molecule has 0 aliphatic rings. The van der Waals surface area contributed by atoms with Crippen molar-refractivity contribution in [3.63, 3.8) is 0 Å². The number of halogens is 2. The van der Waals surface area contributed by atoms with Gasteiger partial charge in [-0.25, -0.2) is 0 Å². The number of aromatic nitrogens is 3. The van der Waals surface area contributed by atoms with E-state index in [4.69, 9.17) is 23.2 Å². The lowest BCUT2D eigenvalue weighted by Gasteiger charge is -2.06. The van der Waals surface area contributed by atoms with Crippen LogP contribution in [-0.2, 0) is 0 Å². The lowest BCUT2D eigenvalue weighted by molar-refractivity contribution is 1.06. The van der Waals surface area contributed by atoms with Gasteiger partial charge in [0, 0.05) is 21.3 Å². The zero-order valence-electron chi connectivity index (χ0n) is 9.79. The van der Waals surface area contributed by atoms with Crippen LogP contribution in [0.4, 0.5) is 0 Å². The van der Waals surface area contributed by atoms with E-state index in [1.54, 1.807) is 6.33 Å². The molecule has 3 nitrogen and oxygen atoms in total. The molecule has 0 saturated carbocycles. The Bertz CT molecular complexity index is 627. The molecule has 3 aromatic rings. The van der Waals surface area contributed by atoms with Crippen LogP contribution in [-0.4, -0.2) is 14.8 Å². The third kappa shape index (κ3) is 2.48. The van der Waals surface area contributed by atoms with E-state index in [0.717, 1.165) is 17.1 Å². The predicted octanol–water partition coefficient (Wildman–Crippen LogP) is 4.24. The summed E-state index contributed by atoms with van der Waals surface area (Å²) in [5, 5.41) is 9.51. The van der Waals surface area contributed by atoms with Gasteiger partial charge in [-0.1, -0.05) is 23.2 Å². The second-order valence-electron chi connectivity index (χ2n) is 4.01. The predicted molar refractivity (Wildman–Crippen MR) is 76.8 cm³/mol. The summed E-state index contributed by atoms with van der Waals surface area (Å²) in [6.45, 7) is 0. The molecule has 0 spiro atoms. The molecule has 0 bridgehead atoms. The summed E-state index contributed by atoms with van der Waals surface area (Å²) < 4.78 is 1.90. The van der Waals surface area contributed by atoms with Crippen LogP contribution in [0.1, 0.15) is 0 Å². The van der Waals surface area contributed by atoms with Gasteiger partial charge in [0.05, 0.1) is 0 Å². The van der Waals surface area contributed by atoms with Crippen molar-refractivity contribution in [3.05, 3.63) is 64.9 Å². The molecule has 0 aliphatic carbocycles. The van der Waals surface area contributed by atoms with Gasteiger partial charge >= 0.3 is 0 Å². The maximum Gasteiger partial charge on any atom is 0.168 e. The topological polar surface area (TPSA) is 30.7 Å². The molecular formula is C14H9Cl2N3. The molecule has 0 saturated heterocycles. The van der Waals surface area contributed by atoms with Gasteiger partial charge in [-0.05, 0) is 48.5 Å². The molecule has 0 fully saturated rings. The van der Waals surface area contributed by atoms with E-state index in [1.165, 1.54) is 0 Å². The molecule has 0 radical (unpaired) electrons. The first-order chi connectivity index (χ1) is 9.24. The van der Waals surface area contributed by atoms with E-state index in [9.17, 15) is 0 Å². The number of rotatable bonds is 2. The van der Waals surface area contributed by atoms with Crippen molar-refractivity contribution in [1.29, 1.82) is 0 Å². The van der Waals surface area contributed by atoms with Crippen LogP contribution in [0.2, 0.25) is 10.0 Å². The number of hydrogen-bond donors (Lipinski definition) is 0. The highest BCUT2D eigenvalue weighted by molar-refractivity contribution is 6.30. The van der Waals surface area contributed by atoms with Crippen LogP contribution < -0.4 is 0 Å². The summed E-state index contributed by atoms with van der Waals surface area (Å²) in [7, 11) is 0. The second kappa shape index (κ2) is 5.03. The van der Waals surface area contributed by atoms with Crippen LogP contribution in [0.25, 0.3) is 17.1 Å². The Morgan fingerprint density at radius 1 is 0.789 bits per heavy atom. The van der Waals surface area contributed by atoms with Crippen LogP contribution in [0.5, 0.6) is 0 Å². The highest BCUT2D eigenvalue weighted by Crippen LogP contribution is 2.23. The van der Waals surface area contributed by atoms with Crippen molar-refractivity contribution in [3.8, 4) is 17.1 Å². The standard InChI is InChI=1S/C14H9Cl2N3/c15-11-3-1-10(2-4-11)14-18-17-9-19(14)13-7-5-12(16)6-8-13/h1-9H. The Labute approximate surface area is 120 Å². The average Bonchev–Trinajstić information content (AvgIpc) is 2.90. The minimum absolute atomic E-state index is 0.696. The van der Waals surface area contributed by atoms with Crippen LogP contribution >= 0.6 is 23.2 Å². The lowest BCUT2D eigenvalue weighted by atomic mass is 10.2. The van der Waals surface area contributed by atoms with E-state index in [-0.39, 0.29) is 0 Å². The van der Waals surface area contributed by atoms with Gasteiger partial charge < -0.3 is 0 Å². The monoisotopic (exact) mass is 289 g/mol. The molecule has 0 amide bonds. The lowest BCUT2D eigenvalue weighted by Crippen LogP contribution is -1.95. The van der Waals surface area contributed by atoms with E-state index in [2.05, 4.69) is 10.2 Å². The van der Waals surface area contributed by atoms with Crippen LogP contribution in [0.15, 0.2) is 54.9 Å². The molecule has 2 aromatic carbocycles. The van der Waals surface area contributed by atoms with Gasteiger partial charge in [0.25, 0.3) is 0 Å². The maximum absolute atomic E-state index is 5.89. The van der Waals surface area contributed by atoms with Crippen molar-refractivity contribution >= 4 is 23.2 Å². The van der Waals surface area contributed by atoms with E-state index < -0.39 is 0 Å². The SMILES string of the molecule is Clc1ccc(-c2nncn2-c2ccc(Cl)cc2)cc1. The van der Waals surface area contributed by atoms with Crippen molar-refractivity contribution in [2.75, 3.05) is 0 Å². The first kappa shape index (κ1) is 12.2. The Morgan fingerprint density at radius 3 is 2.00 bits per heavy atom. The zero-order chi connectivity index (χ0) is 13.2. The third-order valence-corrected chi connectivity index (χ3v) is 3.26. The molecule has 1 heterocycles. The van der Waals surface area contributed by atoms with Gasteiger partial charge in [0.15, 0.2) is 5.82 Å². The molecule has 1 aromatic heterocycles. The smallest absolute Gasteiger partial charge is 0.168 e. The Hall–Kier alpha value is -1.84. The highest BCUT2D eigenvalue weighted by atomic mass is 35.5. The molecule has 3 rings (SSSR count). The Balaban J connectivity index is 2.07. The van der Waals surface area contributed by atoms with Crippen molar-refractivity contribution in [2.45, 2.75) is 0 Å². The van der Waals surface area contributed by atoms with Gasteiger partial charge in [0.2, 0.25) is 0 Å². The van der Waals surface area contributed by atoms with E-state index >= 15 is 0 Å². The summed E-state index contributed by atoms with van der Waals surface area (Å²) in [6.07, 6.45) is 1.67. The van der Waals surface area contributed by atoms with Gasteiger partial charge in [-0.2, -0.15) is 0 Å². The summed E-state index contributed by atoms with van der Waals surface area (Å²) in [5.74, 6) is 0.763. The molecule has 0 aliphatic heterocycles. The number of nitrogens with zero attached hydrogens (tertiary/aromatic N) is 3. The fraction of sp³-hybridized carbons (Fsp3) is 0. The fourth-order valence-corrected chi connectivity index (χ4v) is 2.07. The van der Waals surface area contributed by atoms with Crippen molar-refractivity contribution in [2.24, 2.45) is 0 Å². The Kier molecular flexibility index (Phi) is 3.23. The number of hydrogen-bond acceptors (Lipinski definition) is 2. The van der Waals surface area contributed by atoms with Gasteiger partial charge in [-0.3, -0.25) is 4.57 Å². The van der Waals surface area contributed by atoms with Crippen LogP contribution in [0.3, 0.4) is 0 Å². The first-order valence-electron chi connectivity index (χ1n) is 5.66. The summed E-state index contributed by atoms with van der Waals surface area (Å²) >= 11 is 11.8. The largest absolute Gasteiger partial charge is 0.282 e. The summed E-state index contributed by atoms with van der Waals surface area (Å²) in [4.78, 5) is 0. The highest BCUT2D eigenvalue weighted by Gasteiger charge is 2.08. The summed E-state index contributed by atoms with van der Waals surface area (Å²) in [6, 6.07) is 15.0. The van der Waals surface area contributed by atoms with Gasteiger partial charge in [0.1, 0.15) is 6.33 Å². The maximum atomic E-state index is 5.89. The minimum atomic E-state index is 0.696. The molecular weight excluding hydrogens is 281 g/mol. The molecule has 0 N–H and O–H groups in total. The Morgan fingerprint density at radius 2 is 1.37 bits per heavy atom. The minimum Gasteiger partial charge on any atom is -0.282 e. The van der Waals surface area contributed by atoms with Crippen molar-refractivity contribution < 1.29 is 0 Å². The second-order valence-corrected chi connectivity index (χ2v) is 4.88. The molecule has 0 atom stereocenters. The number of benzene rings is 2. The molecule has 19 heavy (non-hydrogen) atoms. The first-order valence-corrected chi connectivity index (χ1v) is 6.41. The zero-order valence-corrected chi connectivity index (χ0v) is 11.3. The van der Waals surface area contributed by atoms with Gasteiger partial charge in [-0.15, -0.1) is 10.2 Å². The van der Waals surface area contributed by atoms with Crippen molar-refractivity contribution in [1.82, 2.24) is 14.8 Å².